The Labute approximate surface area is 131 Å². The molecule has 0 aromatic heterocycles. The van der Waals surface area contributed by atoms with Gasteiger partial charge in [-0.2, -0.15) is 0 Å². The number of amides is 1. The van der Waals surface area contributed by atoms with Crippen LogP contribution in [0.4, 0.5) is 5.69 Å². The van der Waals surface area contributed by atoms with Gasteiger partial charge in [0.2, 0.25) is 15.9 Å². The van der Waals surface area contributed by atoms with Crippen LogP contribution in [0, 0.1) is 6.92 Å². The van der Waals surface area contributed by atoms with Crippen molar-refractivity contribution in [2.75, 3.05) is 17.1 Å². The van der Waals surface area contributed by atoms with Gasteiger partial charge in [-0.3, -0.25) is 9.10 Å². The number of anilines is 1. The fourth-order valence-corrected chi connectivity index (χ4v) is 3.06. The average Bonchev–Trinajstić information content (AvgIpc) is 2.31. The van der Waals surface area contributed by atoms with Crippen LogP contribution in [0.5, 0.6) is 0 Å². The van der Waals surface area contributed by atoms with Crippen LogP contribution >= 0.6 is 11.6 Å². The highest BCUT2D eigenvalue weighted by Crippen LogP contribution is 2.26. The molecule has 1 rings (SSSR count). The van der Waals surface area contributed by atoms with Crippen LogP contribution in [-0.4, -0.2) is 33.2 Å². The predicted octanol–water partition coefficient (Wildman–Crippen LogP) is 2.33. The van der Waals surface area contributed by atoms with Gasteiger partial charge in [0.05, 0.1) is 11.9 Å². The summed E-state index contributed by atoms with van der Waals surface area (Å²) in [7, 11) is -3.49. The summed E-state index contributed by atoms with van der Waals surface area (Å²) in [5.41, 5.74) is 1.29. The topological polar surface area (TPSA) is 66.5 Å². The van der Waals surface area contributed by atoms with Crippen molar-refractivity contribution >= 4 is 33.2 Å². The summed E-state index contributed by atoms with van der Waals surface area (Å²) in [6.07, 6.45) is 1.21. The average molecular weight is 333 g/mol. The molecule has 0 heterocycles. The molecule has 1 amide bonds. The highest BCUT2D eigenvalue weighted by Gasteiger charge is 2.20. The number of benzene rings is 1. The van der Waals surface area contributed by atoms with E-state index in [1.165, 1.54) is 4.31 Å². The van der Waals surface area contributed by atoms with Gasteiger partial charge >= 0.3 is 0 Å². The Hall–Kier alpha value is -1.27. The third kappa shape index (κ3) is 5.55. The SMILES string of the molecule is Cc1ccc(Cl)cc1N(CCC(=O)NC(C)C)S(C)(=O)=O. The standard InChI is InChI=1S/C14H21ClN2O3S/c1-10(2)16-14(18)7-8-17(21(4,19)20)13-9-12(15)6-5-11(13)3/h5-6,9-10H,7-8H2,1-4H3,(H,16,18). The van der Waals surface area contributed by atoms with E-state index in [1.54, 1.807) is 25.1 Å². The minimum absolute atomic E-state index is 0.0251. The lowest BCUT2D eigenvalue weighted by Crippen LogP contribution is -2.36. The molecule has 0 fully saturated rings. The second kappa shape index (κ2) is 7.13. The number of sulfonamides is 1. The Morgan fingerprint density at radius 3 is 2.52 bits per heavy atom. The van der Waals surface area contributed by atoms with Crippen molar-refractivity contribution in [3.05, 3.63) is 28.8 Å². The summed E-state index contributed by atoms with van der Waals surface area (Å²) in [4.78, 5) is 11.7. The van der Waals surface area contributed by atoms with Crippen molar-refractivity contribution in [3.63, 3.8) is 0 Å². The lowest BCUT2D eigenvalue weighted by molar-refractivity contribution is -0.121. The number of hydrogen-bond donors (Lipinski definition) is 1. The maximum absolute atomic E-state index is 12.0. The zero-order chi connectivity index (χ0) is 16.2. The van der Waals surface area contributed by atoms with E-state index in [2.05, 4.69) is 5.32 Å². The van der Waals surface area contributed by atoms with Gasteiger partial charge in [-0.05, 0) is 38.5 Å². The molecule has 5 nitrogen and oxygen atoms in total. The third-order valence-corrected chi connectivity index (χ3v) is 4.25. The second-order valence-corrected chi connectivity index (χ2v) is 7.58. The van der Waals surface area contributed by atoms with Crippen molar-refractivity contribution in [2.45, 2.75) is 33.2 Å². The highest BCUT2D eigenvalue weighted by molar-refractivity contribution is 7.92. The van der Waals surface area contributed by atoms with Crippen LogP contribution < -0.4 is 9.62 Å². The van der Waals surface area contributed by atoms with Crippen LogP contribution in [-0.2, 0) is 14.8 Å². The fourth-order valence-electron chi connectivity index (χ4n) is 1.91. The molecular weight excluding hydrogens is 312 g/mol. The molecule has 7 heteroatoms. The van der Waals surface area contributed by atoms with Crippen molar-refractivity contribution < 1.29 is 13.2 Å². The summed E-state index contributed by atoms with van der Waals surface area (Å²) in [5.74, 6) is -0.182. The number of nitrogens with one attached hydrogen (secondary N) is 1. The van der Waals surface area contributed by atoms with Gasteiger partial charge < -0.3 is 5.32 Å². The molecule has 0 atom stereocenters. The molecule has 1 aromatic rings. The molecule has 0 aliphatic heterocycles. The Morgan fingerprint density at radius 1 is 1.38 bits per heavy atom. The van der Waals surface area contributed by atoms with Crippen LogP contribution in [0.1, 0.15) is 25.8 Å². The summed E-state index contributed by atoms with van der Waals surface area (Å²) in [6.45, 7) is 5.59. The first kappa shape index (κ1) is 17.8. The quantitative estimate of drug-likeness (QED) is 0.869. The van der Waals surface area contributed by atoms with E-state index in [1.807, 2.05) is 13.8 Å². The van der Waals surface area contributed by atoms with Crippen molar-refractivity contribution in [1.29, 1.82) is 0 Å². The Balaban J connectivity index is 2.98. The van der Waals surface area contributed by atoms with Crippen LogP contribution in [0.15, 0.2) is 18.2 Å². The van der Waals surface area contributed by atoms with E-state index in [0.29, 0.717) is 10.7 Å². The predicted molar refractivity (Wildman–Crippen MR) is 86.3 cm³/mol. The van der Waals surface area contributed by atoms with E-state index in [4.69, 9.17) is 11.6 Å². The molecule has 0 bridgehead atoms. The van der Waals surface area contributed by atoms with Crippen molar-refractivity contribution in [3.8, 4) is 0 Å². The third-order valence-electron chi connectivity index (χ3n) is 2.83. The van der Waals surface area contributed by atoms with Gasteiger partial charge in [0.25, 0.3) is 0 Å². The van der Waals surface area contributed by atoms with Crippen LogP contribution in [0.3, 0.4) is 0 Å². The minimum Gasteiger partial charge on any atom is -0.354 e. The van der Waals surface area contributed by atoms with E-state index in [0.717, 1.165) is 11.8 Å². The number of carbonyl (C=O) groups is 1. The van der Waals surface area contributed by atoms with E-state index in [9.17, 15) is 13.2 Å². The summed E-state index contributed by atoms with van der Waals surface area (Å²) in [6, 6.07) is 5.08. The molecule has 0 saturated heterocycles. The van der Waals surface area contributed by atoms with Gasteiger partial charge in [-0.15, -0.1) is 0 Å². The first-order valence-electron chi connectivity index (χ1n) is 6.64. The van der Waals surface area contributed by atoms with Gasteiger partial charge in [0.1, 0.15) is 0 Å². The maximum atomic E-state index is 12.0. The van der Waals surface area contributed by atoms with Gasteiger partial charge in [0, 0.05) is 24.0 Å². The number of carbonyl (C=O) groups excluding carboxylic acids is 1. The maximum Gasteiger partial charge on any atom is 0.232 e. The Kier molecular flexibility index (Phi) is 6.04. The summed E-state index contributed by atoms with van der Waals surface area (Å²) >= 11 is 5.94. The Bertz CT molecular complexity index is 615. The lowest BCUT2D eigenvalue weighted by Gasteiger charge is -2.24. The minimum atomic E-state index is -3.49. The van der Waals surface area contributed by atoms with Gasteiger partial charge in [-0.25, -0.2) is 8.42 Å². The zero-order valence-electron chi connectivity index (χ0n) is 12.7. The molecule has 0 spiro atoms. The number of nitrogens with zero attached hydrogens (tertiary/aromatic N) is 1. The molecule has 0 saturated carbocycles. The van der Waals surface area contributed by atoms with E-state index >= 15 is 0 Å². The molecular formula is C14H21ClN2O3S. The highest BCUT2D eigenvalue weighted by atomic mass is 35.5. The molecule has 1 N–H and O–H groups in total. The normalized spacial score (nSPS) is 11.5. The summed E-state index contributed by atoms with van der Waals surface area (Å²) < 4.78 is 25.2. The van der Waals surface area contributed by atoms with Crippen molar-refractivity contribution in [1.82, 2.24) is 5.32 Å². The smallest absolute Gasteiger partial charge is 0.232 e. The molecule has 1 aromatic carbocycles. The second-order valence-electron chi connectivity index (χ2n) is 5.24. The first-order valence-corrected chi connectivity index (χ1v) is 8.87. The molecule has 0 aliphatic carbocycles. The van der Waals surface area contributed by atoms with Gasteiger partial charge in [0.15, 0.2) is 0 Å². The molecule has 21 heavy (non-hydrogen) atoms. The monoisotopic (exact) mass is 332 g/mol. The number of halogens is 1. The van der Waals surface area contributed by atoms with Crippen LogP contribution in [0.2, 0.25) is 5.02 Å². The first-order chi connectivity index (χ1) is 9.61. The molecule has 0 radical (unpaired) electrons. The molecule has 0 unspecified atom stereocenters. The van der Waals surface area contributed by atoms with E-state index in [-0.39, 0.29) is 24.9 Å². The molecule has 118 valence electrons. The van der Waals surface area contributed by atoms with Crippen molar-refractivity contribution in [2.24, 2.45) is 0 Å². The number of rotatable bonds is 6. The van der Waals surface area contributed by atoms with Crippen LogP contribution in [0.25, 0.3) is 0 Å². The van der Waals surface area contributed by atoms with Gasteiger partial charge in [-0.1, -0.05) is 17.7 Å². The molecule has 0 aliphatic rings. The zero-order valence-corrected chi connectivity index (χ0v) is 14.3. The van der Waals surface area contributed by atoms with E-state index < -0.39 is 10.0 Å². The fraction of sp³-hybridized carbons (Fsp3) is 0.500. The largest absolute Gasteiger partial charge is 0.354 e. The Morgan fingerprint density at radius 2 is 2.00 bits per heavy atom. The lowest BCUT2D eigenvalue weighted by atomic mass is 10.2. The number of hydrogen-bond acceptors (Lipinski definition) is 3. The summed E-state index contributed by atoms with van der Waals surface area (Å²) in [5, 5.41) is 3.20. The number of aryl methyl sites for hydroxylation is 1.